The van der Waals surface area contributed by atoms with E-state index in [0.717, 1.165) is 21.4 Å². The highest BCUT2D eigenvalue weighted by Crippen LogP contribution is 2.28. The molecule has 0 bridgehead atoms. The van der Waals surface area contributed by atoms with E-state index in [2.05, 4.69) is 22.0 Å². The summed E-state index contributed by atoms with van der Waals surface area (Å²) in [7, 11) is 1.96. The van der Waals surface area contributed by atoms with Crippen LogP contribution in [0.15, 0.2) is 46.9 Å². The number of benzene rings is 2. The molecule has 19 heavy (non-hydrogen) atoms. The molecule has 0 saturated carbocycles. The topological polar surface area (TPSA) is 40.5 Å². The largest absolute Gasteiger partial charge is 0.478 e. The molecule has 3 nitrogen and oxygen atoms in total. The van der Waals surface area contributed by atoms with Gasteiger partial charge in [-0.3, -0.25) is 0 Å². The van der Waals surface area contributed by atoms with Crippen molar-refractivity contribution in [3.05, 3.63) is 58.1 Å². The van der Waals surface area contributed by atoms with Crippen LogP contribution in [0.2, 0.25) is 0 Å². The number of carbonyl (C=O) groups is 1. The van der Waals surface area contributed by atoms with Crippen LogP contribution in [0.1, 0.15) is 15.9 Å². The first-order chi connectivity index (χ1) is 8.99. The van der Waals surface area contributed by atoms with E-state index in [1.165, 1.54) is 0 Å². The second kappa shape index (κ2) is 5.45. The maximum atomic E-state index is 10.8. The molecule has 1 N–H and O–H groups in total. The van der Waals surface area contributed by atoms with Crippen molar-refractivity contribution < 1.29 is 9.90 Å². The fourth-order valence-electron chi connectivity index (χ4n) is 1.96. The monoisotopic (exact) mass is 319 g/mol. The summed E-state index contributed by atoms with van der Waals surface area (Å²) >= 11 is 3.44. The summed E-state index contributed by atoms with van der Waals surface area (Å²) in [5.41, 5.74) is 3.49. The Hall–Kier alpha value is -1.81. The summed E-state index contributed by atoms with van der Waals surface area (Å²) in [5.74, 6) is -0.908. The van der Waals surface area contributed by atoms with Crippen molar-refractivity contribution in [1.82, 2.24) is 0 Å². The minimum atomic E-state index is -0.908. The van der Waals surface area contributed by atoms with E-state index in [4.69, 9.17) is 5.11 Å². The number of aryl methyl sites for hydroxylation is 1. The molecular weight excluding hydrogens is 306 g/mol. The zero-order valence-corrected chi connectivity index (χ0v) is 12.3. The predicted octanol–water partition coefficient (Wildman–Crippen LogP) is 4.22. The van der Waals surface area contributed by atoms with Gasteiger partial charge in [0.25, 0.3) is 0 Å². The molecule has 0 radical (unpaired) electrons. The molecule has 0 aliphatic carbocycles. The van der Waals surface area contributed by atoms with E-state index in [9.17, 15) is 4.79 Å². The number of aromatic carboxylic acids is 1. The predicted molar refractivity (Wildman–Crippen MR) is 80.3 cm³/mol. The number of carboxylic acid groups (broad SMARTS) is 1. The van der Waals surface area contributed by atoms with Gasteiger partial charge in [0.1, 0.15) is 0 Å². The van der Waals surface area contributed by atoms with E-state index >= 15 is 0 Å². The molecule has 2 aromatic carbocycles. The van der Waals surface area contributed by atoms with Gasteiger partial charge in [0, 0.05) is 22.9 Å². The van der Waals surface area contributed by atoms with Crippen LogP contribution in [0.25, 0.3) is 0 Å². The highest BCUT2D eigenvalue weighted by atomic mass is 79.9. The van der Waals surface area contributed by atoms with Crippen LogP contribution in [0.4, 0.5) is 11.4 Å². The van der Waals surface area contributed by atoms with Crippen molar-refractivity contribution in [2.75, 3.05) is 11.9 Å². The van der Waals surface area contributed by atoms with Crippen molar-refractivity contribution in [2.45, 2.75) is 6.92 Å². The molecule has 98 valence electrons. The molecule has 0 atom stereocenters. The van der Waals surface area contributed by atoms with Gasteiger partial charge in [-0.05, 0) is 55.0 Å². The van der Waals surface area contributed by atoms with Gasteiger partial charge in [-0.2, -0.15) is 0 Å². The summed E-state index contributed by atoms with van der Waals surface area (Å²) in [4.78, 5) is 12.9. The molecule has 0 amide bonds. The summed E-state index contributed by atoms with van der Waals surface area (Å²) in [6.45, 7) is 2.04. The Morgan fingerprint density at radius 2 is 1.79 bits per heavy atom. The minimum absolute atomic E-state index is 0.296. The van der Waals surface area contributed by atoms with Crippen LogP contribution in [0, 0.1) is 6.92 Å². The second-order valence-electron chi connectivity index (χ2n) is 4.34. The average Bonchev–Trinajstić information content (AvgIpc) is 2.38. The molecule has 4 heteroatoms. The van der Waals surface area contributed by atoms with Gasteiger partial charge in [-0.25, -0.2) is 4.79 Å². The first kappa shape index (κ1) is 13.6. The lowest BCUT2D eigenvalue weighted by Crippen LogP contribution is -2.11. The van der Waals surface area contributed by atoms with Crippen LogP contribution in [-0.2, 0) is 0 Å². The zero-order chi connectivity index (χ0) is 14.0. The van der Waals surface area contributed by atoms with Crippen LogP contribution < -0.4 is 4.90 Å². The van der Waals surface area contributed by atoms with Gasteiger partial charge < -0.3 is 10.0 Å². The fourth-order valence-corrected chi connectivity index (χ4v) is 2.44. The summed E-state index contributed by atoms with van der Waals surface area (Å²) in [6.07, 6.45) is 0. The SMILES string of the molecule is Cc1cc(Br)ccc1N(C)c1ccc(C(=O)O)cc1. The maximum absolute atomic E-state index is 10.8. The molecule has 0 heterocycles. The number of anilines is 2. The molecule has 0 fully saturated rings. The average molecular weight is 320 g/mol. The third kappa shape index (κ3) is 2.96. The van der Waals surface area contributed by atoms with Gasteiger partial charge >= 0.3 is 5.97 Å². The fraction of sp³-hybridized carbons (Fsp3) is 0.133. The number of hydrogen-bond donors (Lipinski definition) is 1. The molecule has 0 unspecified atom stereocenters. The van der Waals surface area contributed by atoms with Gasteiger partial charge in [0.05, 0.1) is 5.56 Å². The number of hydrogen-bond acceptors (Lipinski definition) is 2. The Labute approximate surface area is 120 Å². The van der Waals surface area contributed by atoms with E-state index in [0.29, 0.717) is 5.56 Å². The lowest BCUT2D eigenvalue weighted by Gasteiger charge is -2.22. The van der Waals surface area contributed by atoms with Crippen molar-refractivity contribution in [3.8, 4) is 0 Å². The van der Waals surface area contributed by atoms with Crippen LogP contribution >= 0.6 is 15.9 Å². The summed E-state index contributed by atoms with van der Waals surface area (Å²) in [6, 6.07) is 12.9. The smallest absolute Gasteiger partial charge is 0.335 e. The molecule has 2 rings (SSSR count). The zero-order valence-electron chi connectivity index (χ0n) is 10.7. The third-order valence-electron chi connectivity index (χ3n) is 3.02. The Morgan fingerprint density at radius 1 is 1.16 bits per heavy atom. The summed E-state index contributed by atoms with van der Waals surface area (Å²) < 4.78 is 1.04. The van der Waals surface area contributed by atoms with Crippen molar-refractivity contribution in [1.29, 1.82) is 0 Å². The first-order valence-corrected chi connectivity index (χ1v) is 6.61. The summed E-state index contributed by atoms with van der Waals surface area (Å²) in [5, 5.41) is 8.89. The lowest BCUT2D eigenvalue weighted by atomic mass is 10.1. The van der Waals surface area contributed by atoms with Gasteiger partial charge in [0.15, 0.2) is 0 Å². The van der Waals surface area contributed by atoms with E-state index < -0.39 is 5.97 Å². The third-order valence-corrected chi connectivity index (χ3v) is 3.51. The number of rotatable bonds is 3. The molecule has 0 aromatic heterocycles. The Bertz CT molecular complexity index is 608. The van der Waals surface area contributed by atoms with Crippen molar-refractivity contribution >= 4 is 33.3 Å². The Balaban J connectivity index is 2.33. The molecule has 2 aromatic rings. The van der Waals surface area contributed by atoms with Crippen molar-refractivity contribution in [2.24, 2.45) is 0 Å². The quantitative estimate of drug-likeness (QED) is 0.920. The Morgan fingerprint density at radius 3 is 2.32 bits per heavy atom. The van der Waals surface area contributed by atoms with Crippen LogP contribution in [-0.4, -0.2) is 18.1 Å². The molecular formula is C15H14BrNO2. The van der Waals surface area contributed by atoms with Crippen LogP contribution in [0.3, 0.4) is 0 Å². The normalized spacial score (nSPS) is 10.3. The molecule has 0 aliphatic heterocycles. The number of halogens is 1. The highest BCUT2D eigenvalue weighted by molar-refractivity contribution is 9.10. The first-order valence-electron chi connectivity index (χ1n) is 5.82. The lowest BCUT2D eigenvalue weighted by molar-refractivity contribution is 0.0697. The van der Waals surface area contributed by atoms with E-state index in [1.807, 2.05) is 43.1 Å². The minimum Gasteiger partial charge on any atom is -0.478 e. The van der Waals surface area contributed by atoms with Gasteiger partial charge in [-0.15, -0.1) is 0 Å². The second-order valence-corrected chi connectivity index (χ2v) is 5.26. The van der Waals surface area contributed by atoms with Gasteiger partial charge in [-0.1, -0.05) is 15.9 Å². The van der Waals surface area contributed by atoms with E-state index in [-0.39, 0.29) is 0 Å². The Kier molecular flexibility index (Phi) is 3.90. The maximum Gasteiger partial charge on any atom is 0.335 e. The van der Waals surface area contributed by atoms with Gasteiger partial charge in [0.2, 0.25) is 0 Å². The van der Waals surface area contributed by atoms with Crippen LogP contribution in [0.5, 0.6) is 0 Å². The molecule has 0 spiro atoms. The number of carboxylic acids is 1. The molecule has 0 saturated heterocycles. The van der Waals surface area contributed by atoms with E-state index in [1.54, 1.807) is 12.1 Å². The highest BCUT2D eigenvalue weighted by Gasteiger charge is 2.08. The van der Waals surface area contributed by atoms with Crippen molar-refractivity contribution in [3.63, 3.8) is 0 Å². The molecule has 0 aliphatic rings. The standard InChI is InChI=1S/C15H14BrNO2/c1-10-9-12(16)5-8-14(10)17(2)13-6-3-11(4-7-13)15(18)19/h3-9H,1-2H3,(H,18,19). The number of nitrogens with zero attached hydrogens (tertiary/aromatic N) is 1.